The Bertz CT molecular complexity index is 606. The van der Waals surface area contributed by atoms with Crippen molar-refractivity contribution in [3.63, 3.8) is 0 Å². The Morgan fingerprint density at radius 1 is 1.32 bits per heavy atom. The van der Waals surface area contributed by atoms with Gasteiger partial charge in [-0.2, -0.15) is 0 Å². The fraction of sp³-hybridized carbons (Fsp3) is 0.529. The predicted octanol–water partition coefficient (Wildman–Crippen LogP) is 1.16. The Kier molecular flexibility index (Phi) is 7.30. The van der Waals surface area contributed by atoms with Gasteiger partial charge in [-0.3, -0.25) is 14.5 Å². The van der Waals surface area contributed by atoms with Crippen LogP contribution in [0.25, 0.3) is 0 Å². The Morgan fingerprint density at radius 3 is 2.72 bits per heavy atom. The van der Waals surface area contributed by atoms with E-state index in [0.29, 0.717) is 31.9 Å². The lowest BCUT2D eigenvalue weighted by Gasteiger charge is -2.26. The van der Waals surface area contributed by atoms with E-state index < -0.39 is 11.9 Å². The summed E-state index contributed by atoms with van der Waals surface area (Å²) in [6.45, 7) is 5.31. The second-order valence-corrected chi connectivity index (χ2v) is 5.95. The summed E-state index contributed by atoms with van der Waals surface area (Å²) in [4.78, 5) is 26.0. The largest absolute Gasteiger partial charge is 0.379 e. The summed E-state index contributed by atoms with van der Waals surface area (Å²) in [6.07, 6.45) is 0.759. The monoisotopic (exact) mass is 352 g/mol. The van der Waals surface area contributed by atoms with Crippen LogP contribution in [0.2, 0.25) is 0 Å². The van der Waals surface area contributed by atoms with Crippen molar-refractivity contribution in [3.8, 4) is 0 Å². The number of nitrogens with zero attached hydrogens (tertiary/aromatic N) is 1. The molecule has 1 saturated heterocycles. The summed E-state index contributed by atoms with van der Waals surface area (Å²) >= 11 is 0. The quantitative estimate of drug-likeness (QED) is 0.684. The molecule has 1 fully saturated rings. The van der Waals surface area contributed by atoms with Crippen LogP contribution < -0.4 is 16.4 Å². The van der Waals surface area contributed by atoms with E-state index in [2.05, 4.69) is 15.5 Å². The van der Waals surface area contributed by atoms with Crippen LogP contribution in [0, 0.1) is 5.82 Å². The number of rotatable bonds is 7. The van der Waals surface area contributed by atoms with Gasteiger partial charge in [0.25, 0.3) is 0 Å². The number of benzene rings is 1. The number of hydrogen-bond donors (Lipinski definition) is 3. The van der Waals surface area contributed by atoms with E-state index >= 15 is 0 Å². The molecule has 1 aliphatic rings. The molecule has 0 aromatic heterocycles. The van der Waals surface area contributed by atoms with Crippen LogP contribution in [-0.2, 0) is 14.3 Å². The molecule has 1 aromatic carbocycles. The molecule has 7 nitrogen and oxygen atoms in total. The minimum atomic E-state index is -0.628. The number of nitrogens with two attached hydrogens (primary N) is 1. The molecule has 2 rings (SSSR count). The Balaban J connectivity index is 1.90. The van der Waals surface area contributed by atoms with Crippen LogP contribution >= 0.6 is 0 Å². The number of ether oxygens (including phenoxy) is 1. The normalized spacial score (nSPS) is 16.3. The smallest absolute Gasteiger partial charge is 0.241 e. The van der Waals surface area contributed by atoms with Gasteiger partial charge in [0, 0.05) is 31.7 Å². The zero-order chi connectivity index (χ0) is 18.2. The molecule has 1 aromatic rings. The topological polar surface area (TPSA) is 96.7 Å². The predicted molar refractivity (Wildman–Crippen MR) is 93.8 cm³/mol. The van der Waals surface area contributed by atoms with E-state index in [-0.39, 0.29) is 23.9 Å². The molecule has 1 heterocycles. The van der Waals surface area contributed by atoms with Crippen molar-refractivity contribution in [2.75, 3.05) is 43.5 Å². The Labute approximate surface area is 146 Å². The molecule has 1 aliphatic heterocycles. The molecule has 0 spiro atoms. The molecule has 138 valence electrons. The second kappa shape index (κ2) is 9.45. The van der Waals surface area contributed by atoms with Crippen LogP contribution in [0.5, 0.6) is 0 Å². The lowest BCUT2D eigenvalue weighted by molar-refractivity contribution is -0.117. The molecule has 2 amide bonds. The van der Waals surface area contributed by atoms with E-state index in [4.69, 9.17) is 10.5 Å². The van der Waals surface area contributed by atoms with Gasteiger partial charge < -0.3 is 21.1 Å². The highest BCUT2D eigenvalue weighted by atomic mass is 19.1. The average molecular weight is 352 g/mol. The van der Waals surface area contributed by atoms with Crippen molar-refractivity contribution in [2.24, 2.45) is 5.73 Å². The molecule has 0 bridgehead atoms. The number of carbonyl (C=O) groups is 2. The van der Waals surface area contributed by atoms with Crippen molar-refractivity contribution >= 4 is 23.2 Å². The van der Waals surface area contributed by atoms with Gasteiger partial charge in [-0.15, -0.1) is 0 Å². The van der Waals surface area contributed by atoms with Crippen molar-refractivity contribution in [2.45, 2.75) is 25.8 Å². The van der Waals surface area contributed by atoms with Gasteiger partial charge in [0.05, 0.1) is 24.9 Å². The van der Waals surface area contributed by atoms with E-state index in [1.165, 1.54) is 18.2 Å². The molecule has 4 N–H and O–H groups in total. The third-order valence-electron chi connectivity index (χ3n) is 4.04. The van der Waals surface area contributed by atoms with Gasteiger partial charge in [-0.25, -0.2) is 4.39 Å². The zero-order valence-electron chi connectivity index (χ0n) is 14.4. The molecule has 0 aliphatic carbocycles. The fourth-order valence-electron chi connectivity index (χ4n) is 2.42. The lowest BCUT2D eigenvalue weighted by atomic mass is 10.2. The van der Waals surface area contributed by atoms with E-state index in [1.807, 2.05) is 0 Å². The van der Waals surface area contributed by atoms with Crippen molar-refractivity contribution < 1.29 is 18.7 Å². The minimum Gasteiger partial charge on any atom is -0.379 e. The Hall–Kier alpha value is -2.03. The maximum atomic E-state index is 13.9. The summed E-state index contributed by atoms with van der Waals surface area (Å²) in [5.74, 6) is -1.18. The van der Waals surface area contributed by atoms with Crippen LogP contribution in [0.3, 0.4) is 0 Å². The Morgan fingerprint density at radius 2 is 2.04 bits per heavy atom. The molecule has 0 radical (unpaired) electrons. The fourth-order valence-corrected chi connectivity index (χ4v) is 2.42. The van der Waals surface area contributed by atoms with Gasteiger partial charge in [-0.1, -0.05) is 6.92 Å². The molecule has 1 atom stereocenters. The first-order valence-corrected chi connectivity index (χ1v) is 8.45. The van der Waals surface area contributed by atoms with Crippen molar-refractivity contribution in [3.05, 3.63) is 24.0 Å². The highest BCUT2D eigenvalue weighted by Crippen LogP contribution is 2.20. The summed E-state index contributed by atoms with van der Waals surface area (Å²) in [5.41, 5.74) is 6.08. The van der Waals surface area contributed by atoms with E-state index in [0.717, 1.165) is 13.1 Å². The van der Waals surface area contributed by atoms with Gasteiger partial charge in [0.2, 0.25) is 11.8 Å². The highest BCUT2D eigenvalue weighted by molar-refractivity contribution is 5.96. The zero-order valence-corrected chi connectivity index (χ0v) is 14.4. The minimum absolute atomic E-state index is 0.0369. The standard InChI is InChI=1S/C17H25FN4O3/c1-2-14(19)17(24)20-12-3-4-13(18)15(11-12)21-16(23)5-6-22-7-9-25-10-8-22/h3-4,11,14H,2,5-10,19H2,1H3,(H,20,24)(H,21,23)/t14-/m0/s1. The molecule has 8 heteroatoms. The number of carbonyl (C=O) groups excluding carboxylic acids is 2. The molecule has 0 unspecified atom stereocenters. The van der Waals surface area contributed by atoms with Gasteiger partial charge in [0.15, 0.2) is 0 Å². The van der Waals surface area contributed by atoms with E-state index in [1.54, 1.807) is 6.92 Å². The van der Waals surface area contributed by atoms with Gasteiger partial charge in [0.1, 0.15) is 5.82 Å². The summed E-state index contributed by atoms with van der Waals surface area (Å²) in [5, 5.41) is 5.17. The maximum absolute atomic E-state index is 13.9. The second-order valence-electron chi connectivity index (χ2n) is 5.95. The van der Waals surface area contributed by atoms with Crippen molar-refractivity contribution in [1.82, 2.24) is 4.90 Å². The molecule has 0 saturated carbocycles. The number of nitrogens with one attached hydrogen (secondary N) is 2. The van der Waals surface area contributed by atoms with Crippen LogP contribution in [0.15, 0.2) is 18.2 Å². The molecular weight excluding hydrogens is 327 g/mol. The number of amides is 2. The SMILES string of the molecule is CC[C@H](N)C(=O)Nc1ccc(F)c(NC(=O)CCN2CCOCC2)c1. The summed E-state index contributed by atoms with van der Waals surface area (Å²) < 4.78 is 19.2. The maximum Gasteiger partial charge on any atom is 0.241 e. The lowest BCUT2D eigenvalue weighted by Crippen LogP contribution is -2.38. The summed E-state index contributed by atoms with van der Waals surface area (Å²) in [7, 11) is 0. The van der Waals surface area contributed by atoms with Crippen molar-refractivity contribution in [1.29, 1.82) is 0 Å². The van der Waals surface area contributed by atoms with Gasteiger partial charge >= 0.3 is 0 Å². The first-order chi connectivity index (χ1) is 12.0. The first-order valence-electron chi connectivity index (χ1n) is 8.45. The van der Waals surface area contributed by atoms with E-state index in [9.17, 15) is 14.0 Å². The van der Waals surface area contributed by atoms with Gasteiger partial charge in [-0.05, 0) is 24.6 Å². The summed E-state index contributed by atoms with van der Waals surface area (Å²) in [6, 6.07) is 3.39. The third kappa shape index (κ3) is 6.08. The third-order valence-corrected chi connectivity index (χ3v) is 4.04. The number of morpholine rings is 1. The van der Waals surface area contributed by atoms with Crippen LogP contribution in [0.4, 0.5) is 15.8 Å². The first kappa shape index (κ1) is 19.3. The average Bonchev–Trinajstić information content (AvgIpc) is 2.63. The highest BCUT2D eigenvalue weighted by Gasteiger charge is 2.15. The number of halogens is 1. The molecular formula is C17H25FN4O3. The molecule has 25 heavy (non-hydrogen) atoms. The van der Waals surface area contributed by atoms with Crippen LogP contribution in [-0.4, -0.2) is 55.6 Å². The van der Waals surface area contributed by atoms with Crippen LogP contribution in [0.1, 0.15) is 19.8 Å². The number of anilines is 2. The number of hydrogen-bond acceptors (Lipinski definition) is 5.